The highest BCUT2D eigenvalue weighted by atomic mass is 19.2. The minimum Gasteiger partial charge on any atom is -0.375 e. The van der Waals surface area contributed by atoms with Gasteiger partial charge in [-0.1, -0.05) is 58.3 Å². The molecule has 0 aliphatic heterocycles. The Kier molecular flexibility index (Phi) is 9.72. The monoisotopic (exact) mass is 412 g/mol. The minimum absolute atomic E-state index is 0.0853. The summed E-state index contributed by atoms with van der Waals surface area (Å²) >= 11 is 0. The highest BCUT2D eigenvalue weighted by Gasteiger charge is 2.40. The van der Waals surface area contributed by atoms with Gasteiger partial charge in [-0.2, -0.15) is 0 Å². The van der Waals surface area contributed by atoms with Gasteiger partial charge in [-0.25, -0.2) is 8.78 Å². The predicted molar refractivity (Wildman–Crippen MR) is 118 cm³/mol. The highest BCUT2D eigenvalue weighted by Crippen LogP contribution is 2.44. The molecule has 0 aromatic rings. The van der Waals surface area contributed by atoms with Gasteiger partial charge >= 0.3 is 0 Å². The largest absolute Gasteiger partial charge is 0.375 e. The third-order valence-corrected chi connectivity index (χ3v) is 8.67. The first-order chi connectivity index (χ1) is 14.1. The Morgan fingerprint density at radius 2 is 1.24 bits per heavy atom. The van der Waals surface area contributed by atoms with E-state index in [-0.39, 0.29) is 5.92 Å². The molecule has 3 aliphatic carbocycles. The van der Waals surface area contributed by atoms with Gasteiger partial charge < -0.3 is 4.74 Å². The number of hydrogen-bond acceptors (Lipinski definition) is 1. The van der Waals surface area contributed by atoms with Gasteiger partial charge in [0.25, 0.3) is 0 Å². The second kappa shape index (κ2) is 12.0. The van der Waals surface area contributed by atoms with E-state index in [4.69, 9.17) is 4.74 Å². The summed E-state index contributed by atoms with van der Waals surface area (Å²) in [6.45, 7) is 4.65. The smallest absolute Gasteiger partial charge is 0.157 e. The second-order valence-electron chi connectivity index (χ2n) is 10.5. The van der Waals surface area contributed by atoms with Crippen LogP contribution in [0.15, 0.2) is 0 Å². The van der Waals surface area contributed by atoms with Crippen molar-refractivity contribution < 1.29 is 13.5 Å². The van der Waals surface area contributed by atoms with Gasteiger partial charge in [0, 0.05) is 6.61 Å². The highest BCUT2D eigenvalue weighted by molar-refractivity contribution is 4.90. The van der Waals surface area contributed by atoms with Crippen LogP contribution in [0, 0.1) is 29.6 Å². The van der Waals surface area contributed by atoms with Crippen molar-refractivity contribution in [3.05, 3.63) is 0 Å². The molecule has 4 unspecified atom stereocenters. The summed E-state index contributed by atoms with van der Waals surface area (Å²) in [5, 5.41) is 0. The molecule has 3 fully saturated rings. The van der Waals surface area contributed by atoms with Crippen molar-refractivity contribution in [3.63, 3.8) is 0 Å². The molecular formula is C26H46F2O. The van der Waals surface area contributed by atoms with Crippen LogP contribution in [0.3, 0.4) is 0 Å². The first-order valence-corrected chi connectivity index (χ1v) is 13.0. The van der Waals surface area contributed by atoms with Gasteiger partial charge in [-0.05, 0) is 81.5 Å². The van der Waals surface area contributed by atoms with Crippen molar-refractivity contribution in [2.75, 3.05) is 6.61 Å². The molecule has 4 atom stereocenters. The van der Waals surface area contributed by atoms with Crippen LogP contribution in [-0.4, -0.2) is 25.1 Å². The lowest BCUT2D eigenvalue weighted by Gasteiger charge is -2.39. The third-order valence-electron chi connectivity index (χ3n) is 8.67. The zero-order valence-electron chi connectivity index (χ0n) is 19.1. The molecule has 0 N–H and O–H groups in total. The maximum atomic E-state index is 14.5. The maximum absolute atomic E-state index is 14.5. The van der Waals surface area contributed by atoms with Crippen LogP contribution in [0.25, 0.3) is 0 Å². The van der Waals surface area contributed by atoms with Crippen LogP contribution >= 0.6 is 0 Å². The van der Waals surface area contributed by atoms with E-state index in [0.717, 1.165) is 42.9 Å². The maximum Gasteiger partial charge on any atom is 0.157 e. The molecule has 29 heavy (non-hydrogen) atoms. The molecule has 0 radical (unpaired) electrons. The summed E-state index contributed by atoms with van der Waals surface area (Å²) < 4.78 is 34.2. The van der Waals surface area contributed by atoms with Crippen molar-refractivity contribution >= 4 is 0 Å². The molecule has 0 spiro atoms. The van der Waals surface area contributed by atoms with E-state index in [1.165, 1.54) is 70.6 Å². The number of halogens is 2. The molecule has 0 heterocycles. The van der Waals surface area contributed by atoms with Crippen molar-refractivity contribution in [2.24, 2.45) is 29.6 Å². The third kappa shape index (κ3) is 6.65. The Morgan fingerprint density at radius 3 is 1.79 bits per heavy atom. The second-order valence-corrected chi connectivity index (χ2v) is 10.5. The lowest BCUT2D eigenvalue weighted by atomic mass is 9.68. The first kappa shape index (κ1) is 23.5. The van der Waals surface area contributed by atoms with E-state index in [9.17, 15) is 8.78 Å². The molecule has 1 nitrogen and oxygen atoms in total. The first-order valence-electron chi connectivity index (χ1n) is 13.0. The number of alkyl halides is 2. The van der Waals surface area contributed by atoms with Crippen LogP contribution in [-0.2, 0) is 4.74 Å². The van der Waals surface area contributed by atoms with E-state index >= 15 is 0 Å². The number of unbranched alkanes of at least 4 members (excludes halogenated alkanes) is 1. The van der Waals surface area contributed by atoms with Crippen LogP contribution < -0.4 is 0 Å². The van der Waals surface area contributed by atoms with E-state index in [1.54, 1.807) is 0 Å². The average molecular weight is 413 g/mol. The number of ether oxygens (including phenoxy) is 1. The Morgan fingerprint density at radius 1 is 0.655 bits per heavy atom. The predicted octanol–water partition coefficient (Wildman–Crippen LogP) is 8.06. The van der Waals surface area contributed by atoms with E-state index in [1.807, 2.05) is 6.92 Å². The van der Waals surface area contributed by atoms with Crippen molar-refractivity contribution in [3.8, 4) is 0 Å². The van der Waals surface area contributed by atoms with E-state index in [2.05, 4.69) is 6.92 Å². The zero-order chi connectivity index (χ0) is 20.6. The fourth-order valence-corrected chi connectivity index (χ4v) is 6.69. The zero-order valence-corrected chi connectivity index (χ0v) is 19.1. The average Bonchev–Trinajstić information content (AvgIpc) is 2.76. The normalized spacial score (nSPS) is 41.4. The molecule has 3 heteroatoms. The molecule has 0 saturated heterocycles. The molecule has 3 rings (SSSR count). The van der Waals surface area contributed by atoms with Gasteiger partial charge in [0.2, 0.25) is 0 Å². The standard InChI is InChI=1S/C26H46F2O/c1-3-5-6-19-7-12-21(13-8-19)22-14-9-20(10-15-22)11-16-23-17-18-24(29-4-2)26(28)25(23)27/h19-26H,3-18H2,1-2H3. The van der Waals surface area contributed by atoms with E-state index in [0.29, 0.717) is 13.0 Å². The molecule has 0 bridgehead atoms. The van der Waals surface area contributed by atoms with Crippen molar-refractivity contribution in [1.29, 1.82) is 0 Å². The van der Waals surface area contributed by atoms with Crippen LogP contribution in [0.4, 0.5) is 8.78 Å². The van der Waals surface area contributed by atoms with E-state index < -0.39 is 18.4 Å². The Labute approximate surface area is 178 Å². The lowest BCUT2D eigenvalue weighted by molar-refractivity contribution is -0.0728. The summed E-state index contributed by atoms with van der Waals surface area (Å²) in [7, 11) is 0. The molecule has 0 amide bonds. The Bertz CT molecular complexity index is 440. The fourth-order valence-electron chi connectivity index (χ4n) is 6.69. The van der Waals surface area contributed by atoms with Gasteiger partial charge in [0.15, 0.2) is 6.17 Å². The topological polar surface area (TPSA) is 9.23 Å². The Balaban J connectivity index is 1.32. The number of rotatable bonds is 9. The molecule has 3 saturated carbocycles. The number of hydrogen-bond donors (Lipinski definition) is 0. The van der Waals surface area contributed by atoms with Gasteiger partial charge in [0.1, 0.15) is 6.17 Å². The van der Waals surface area contributed by atoms with Gasteiger partial charge in [0.05, 0.1) is 6.10 Å². The molecule has 3 aliphatic rings. The summed E-state index contributed by atoms with van der Waals surface area (Å²) in [6.07, 6.45) is 15.7. The minimum atomic E-state index is -1.42. The van der Waals surface area contributed by atoms with Crippen LogP contribution in [0.1, 0.15) is 110 Å². The fraction of sp³-hybridized carbons (Fsp3) is 1.00. The van der Waals surface area contributed by atoms with Crippen LogP contribution in [0.5, 0.6) is 0 Å². The molecule has 170 valence electrons. The summed E-state index contributed by atoms with van der Waals surface area (Å²) in [6, 6.07) is 0. The van der Waals surface area contributed by atoms with Gasteiger partial charge in [-0.15, -0.1) is 0 Å². The van der Waals surface area contributed by atoms with Gasteiger partial charge in [-0.3, -0.25) is 0 Å². The summed E-state index contributed by atoms with van der Waals surface area (Å²) in [5.41, 5.74) is 0. The summed E-state index contributed by atoms with van der Waals surface area (Å²) in [5.74, 6) is 3.60. The molecule has 0 aromatic carbocycles. The van der Waals surface area contributed by atoms with Crippen LogP contribution in [0.2, 0.25) is 0 Å². The Hall–Kier alpha value is -0.180. The quantitative estimate of drug-likeness (QED) is 0.372. The lowest BCUT2D eigenvalue weighted by Crippen LogP contribution is -2.43. The van der Waals surface area contributed by atoms with Crippen molar-refractivity contribution in [2.45, 2.75) is 129 Å². The molecular weight excluding hydrogens is 366 g/mol. The SMILES string of the molecule is CCCCC1CCC(C2CCC(CCC3CCC(OCC)C(F)C3F)CC2)CC1. The van der Waals surface area contributed by atoms with Crippen molar-refractivity contribution in [1.82, 2.24) is 0 Å². The summed E-state index contributed by atoms with van der Waals surface area (Å²) in [4.78, 5) is 0. The molecule has 0 aromatic heterocycles.